The first-order valence-corrected chi connectivity index (χ1v) is 6.66. The highest BCUT2D eigenvalue weighted by molar-refractivity contribution is 5.31. The molecule has 0 aliphatic heterocycles. The first-order valence-electron chi connectivity index (χ1n) is 6.66. The van der Waals surface area contributed by atoms with E-state index in [-0.39, 0.29) is 8.03 Å². The fourth-order valence-electron chi connectivity index (χ4n) is 1.94. The lowest BCUT2D eigenvalue weighted by atomic mass is 10.1. The maximum Gasteiger partial charge on any atom is 0.238 e. The molecule has 2 rings (SSSR count). The lowest BCUT2D eigenvalue weighted by Gasteiger charge is -2.13. The van der Waals surface area contributed by atoms with Crippen LogP contribution in [0.4, 0.5) is 0 Å². The fourth-order valence-corrected chi connectivity index (χ4v) is 1.94. The Bertz CT molecular complexity index is 525. The van der Waals surface area contributed by atoms with Gasteiger partial charge in [0, 0.05) is 26.3 Å². The Kier molecular flexibility index (Phi) is 5.46. The number of ether oxygens (including phenoxy) is 1. The molecule has 5 heteroatoms. The zero-order valence-electron chi connectivity index (χ0n) is 11.5. The van der Waals surface area contributed by atoms with Crippen molar-refractivity contribution in [3.8, 4) is 11.6 Å². The summed E-state index contributed by atoms with van der Waals surface area (Å²) in [5, 5.41) is 19.7. The van der Waals surface area contributed by atoms with Crippen molar-refractivity contribution in [2.75, 3.05) is 13.2 Å². The van der Waals surface area contributed by atoms with E-state index in [1.807, 2.05) is 18.2 Å². The molecule has 2 aromatic rings. The van der Waals surface area contributed by atoms with Crippen LogP contribution >= 0.6 is 0 Å². The zero-order chi connectivity index (χ0) is 14.2. The van der Waals surface area contributed by atoms with E-state index in [1.54, 1.807) is 18.3 Å². The van der Waals surface area contributed by atoms with Crippen LogP contribution in [-0.2, 0) is 6.42 Å². The van der Waals surface area contributed by atoms with E-state index in [4.69, 9.17) is 9.84 Å². The van der Waals surface area contributed by atoms with Crippen LogP contribution in [0.25, 0.3) is 0 Å². The van der Waals surface area contributed by atoms with E-state index in [9.17, 15) is 0 Å². The van der Waals surface area contributed by atoms with Gasteiger partial charge in [-0.05, 0) is 37.1 Å². The van der Waals surface area contributed by atoms with Crippen LogP contribution in [0.1, 0.15) is 13.9 Å². The number of benzene rings is 1. The molecule has 0 fully saturated rings. The first-order chi connectivity index (χ1) is 9.78. The van der Waals surface area contributed by atoms with Gasteiger partial charge in [-0.25, -0.2) is 0 Å². The van der Waals surface area contributed by atoms with Crippen LogP contribution in [0, 0.1) is 0 Å². The molecular formula is C15H21N3O2. The van der Waals surface area contributed by atoms with Crippen molar-refractivity contribution in [2.45, 2.75) is 19.4 Å². The topological polar surface area (TPSA) is 67.3 Å². The highest BCUT2D eigenvalue weighted by atomic mass is 16.5. The largest absolute Gasteiger partial charge is 0.438 e. The standard InChI is InChI=1S/C15H19N3O2.H2/c1-12(16-8-9-19)10-13-4-2-5-14(11-13)20-15-6-3-7-17-18-15;/h2-7,11-12,16,19H,8-10H2,1H3;1H/t12-;/m1./s1. The second-order valence-electron chi connectivity index (χ2n) is 4.59. The summed E-state index contributed by atoms with van der Waals surface area (Å²) in [6.45, 7) is 2.85. The molecule has 1 heterocycles. The van der Waals surface area contributed by atoms with Gasteiger partial charge in [0.1, 0.15) is 5.75 Å². The average Bonchev–Trinajstić information content (AvgIpc) is 2.46. The molecule has 1 aromatic heterocycles. The van der Waals surface area contributed by atoms with Gasteiger partial charge in [-0.3, -0.25) is 0 Å². The van der Waals surface area contributed by atoms with Gasteiger partial charge in [-0.15, -0.1) is 5.10 Å². The van der Waals surface area contributed by atoms with Crippen molar-refractivity contribution in [3.63, 3.8) is 0 Å². The third-order valence-electron chi connectivity index (χ3n) is 2.82. The molecule has 20 heavy (non-hydrogen) atoms. The van der Waals surface area contributed by atoms with Crippen LogP contribution < -0.4 is 10.1 Å². The summed E-state index contributed by atoms with van der Waals surface area (Å²) in [4.78, 5) is 0. The second kappa shape index (κ2) is 7.57. The summed E-state index contributed by atoms with van der Waals surface area (Å²) in [6, 6.07) is 11.8. The van der Waals surface area contributed by atoms with Crippen molar-refractivity contribution in [1.82, 2.24) is 15.5 Å². The highest BCUT2D eigenvalue weighted by Gasteiger charge is 2.04. The molecule has 2 N–H and O–H groups in total. The molecule has 0 amide bonds. The van der Waals surface area contributed by atoms with Gasteiger partial charge in [0.25, 0.3) is 0 Å². The lowest BCUT2D eigenvalue weighted by molar-refractivity contribution is 0.285. The van der Waals surface area contributed by atoms with Crippen molar-refractivity contribution in [1.29, 1.82) is 0 Å². The van der Waals surface area contributed by atoms with E-state index >= 15 is 0 Å². The molecule has 0 bridgehead atoms. The number of aliphatic hydroxyl groups is 1. The lowest BCUT2D eigenvalue weighted by Crippen LogP contribution is -2.30. The molecule has 0 unspecified atom stereocenters. The summed E-state index contributed by atoms with van der Waals surface area (Å²) in [7, 11) is 0. The van der Waals surface area contributed by atoms with Crippen LogP contribution in [0.2, 0.25) is 0 Å². The maximum atomic E-state index is 8.79. The number of nitrogens with zero attached hydrogens (tertiary/aromatic N) is 2. The van der Waals surface area contributed by atoms with E-state index in [1.165, 1.54) is 5.56 Å². The Hall–Kier alpha value is -1.98. The third kappa shape index (κ3) is 4.60. The van der Waals surface area contributed by atoms with Gasteiger partial charge in [-0.1, -0.05) is 12.1 Å². The summed E-state index contributed by atoms with van der Waals surface area (Å²) >= 11 is 0. The van der Waals surface area contributed by atoms with Gasteiger partial charge >= 0.3 is 0 Å². The number of rotatable bonds is 7. The number of aromatic nitrogens is 2. The molecule has 108 valence electrons. The summed E-state index contributed by atoms with van der Waals surface area (Å²) < 4.78 is 5.65. The highest BCUT2D eigenvalue weighted by Crippen LogP contribution is 2.20. The SMILES string of the molecule is C[C@H](Cc1cccc(Oc2cccnn2)c1)NCCO.[HH]. The average molecular weight is 275 g/mol. The molecule has 5 nitrogen and oxygen atoms in total. The van der Waals surface area contributed by atoms with Crippen LogP contribution in [0.3, 0.4) is 0 Å². The van der Waals surface area contributed by atoms with Gasteiger partial charge in [0.15, 0.2) is 0 Å². The van der Waals surface area contributed by atoms with Crippen LogP contribution in [-0.4, -0.2) is 34.5 Å². The molecule has 0 aliphatic rings. The van der Waals surface area contributed by atoms with Gasteiger partial charge in [-0.2, -0.15) is 5.10 Å². The van der Waals surface area contributed by atoms with E-state index < -0.39 is 0 Å². The van der Waals surface area contributed by atoms with E-state index in [2.05, 4.69) is 28.5 Å². The Morgan fingerprint density at radius 1 is 1.35 bits per heavy atom. The van der Waals surface area contributed by atoms with Crippen LogP contribution in [0.5, 0.6) is 11.6 Å². The van der Waals surface area contributed by atoms with Gasteiger partial charge in [0.2, 0.25) is 5.88 Å². The number of nitrogens with one attached hydrogen (secondary N) is 1. The Morgan fingerprint density at radius 3 is 3.00 bits per heavy atom. The predicted molar refractivity (Wildman–Crippen MR) is 78.9 cm³/mol. The van der Waals surface area contributed by atoms with Gasteiger partial charge in [0.05, 0.1) is 6.61 Å². The molecule has 0 radical (unpaired) electrons. The fraction of sp³-hybridized carbons (Fsp3) is 0.333. The molecule has 0 spiro atoms. The molecular weight excluding hydrogens is 254 g/mol. The minimum absolute atomic E-state index is 0. The Labute approximate surface area is 120 Å². The van der Waals surface area contributed by atoms with Crippen molar-refractivity contribution >= 4 is 0 Å². The number of aliphatic hydroxyl groups excluding tert-OH is 1. The quantitative estimate of drug-likeness (QED) is 0.809. The minimum atomic E-state index is 0. The van der Waals surface area contributed by atoms with E-state index in [0.717, 1.165) is 12.2 Å². The first kappa shape index (κ1) is 14.4. The zero-order valence-corrected chi connectivity index (χ0v) is 11.5. The molecule has 0 saturated heterocycles. The Morgan fingerprint density at radius 2 is 2.25 bits per heavy atom. The third-order valence-corrected chi connectivity index (χ3v) is 2.82. The summed E-state index contributed by atoms with van der Waals surface area (Å²) in [5.74, 6) is 1.23. The molecule has 1 aromatic carbocycles. The van der Waals surface area contributed by atoms with Crippen LogP contribution in [0.15, 0.2) is 42.6 Å². The molecule has 0 aliphatic carbocycles. The summed E-state index contributed by atoms with van der Waals surface area (Å²) in [6.07, 6.45) is 2.48. The normalized spacial score (nSPS) is 12.1. The number of hydrogen-bond acceptors (Lipinski definition) is 5. The smallest absolute Gasteiger partial charge is 0.238 e. The minimum Gasteiger partial charge on any atom is -0.438 e. The van der Waals surface area contributed by atoms with Crippen molar-refractivity contribution in [3.05, 3.63) is 48.2 Å². The van der Waals surface area contributed by atoms with Gasteiger partial charge < -0.3 is 15.2 Å². The second-order valence-corrected chi connectivity index (χ2v) is 4.59. The Balaban J connectivity index is 0.00000220. The predicted octanol–water partition coefficient (Wildman–Crippen LogP) is 2.03. The van der Waals surface area contributed by atoms with Crippen molar-refractivity contribution in [2.24, 2.45) is 0 Å². The molecule has 1 atom stereocenters. The summed E-state index contributed by atoms with van der Waals surface area (Å²) in [5.41, 5.74) is 1.17. The van der Waals surface area contributed by atoms with E-state index in [0.29, 0.717) is 18.5 Å². The maximum absolute atomic E-state index is 8.79. The molecule has 0 saturated carbocycles. The number of hydrogen-bond donors (Lipinski definition) is 2. The monoisotopic (exact) mass is 275 g/mol. The van der Waals surface area contributed by atoms with Crippen molar-refractivity contribution < 1.29 is 11.3 Å².